The van der Waals surface area contributed by atoms with Crippen LogP contribution in [0.3, 0.4) is 0 Å². The highest BCUT2D eigenvalue weighted by Gasteiger charge is 2.27. The zero-order valence-electron chi connectivity index (χ0n) is 7.40. The zero-order valence-corrected chi connectivity index (χ0v) is 8.21. The van der Waals surface area contributed by atoms with Gasteiger partial charge in [-0.05, 0) is 17.5 Å². The van der Waals surface area contributed by atoms with E-state index in [2.05, 4.69) is 4.72 Å². The number of ketones is 1. The van der Waals surface area contributed by atoms with Crippen molar-refractivity contribution in [3.05, 3.63) is 35.9 Å². The molecule has 1 heterocycles. The molecule has 1 N–H and O–H groups in total. The Bertz CT molecular complexity index is 364. The lowest BCUT2D eigenvalue weighted by molar-refractivity contribution is -0.137. The van der Waals surface area contributed by atoms with E-state index < -0.39 is 5.91 Å². The third kappa shape index (κ3) is 1.80. The molecule has 1 unspecified atom stereocenters. The molecule has 0 aromatic heterocycles. The average molecular weight is 207 g/mol. The molecule has 1 aliphatic rings. The number of carbonyl (C=O) groups excluding carboxylic acids is 2. The topological polar surface area (TPSA) is 46.2 Å². The van der Waals surface area contributed by atoms with Crippen molar-refractivity contribution in [2.45, 2.75) is 11.7 Å². The lowest BCUT2D eigenvalue weighted by Gasteiger charge is -2.20. The van der Waals surface area contributed by atoms with Gasteiger partial charge < -0.3 is 0 Å². The summed E-state index contributed by atoms with van der Waals surface area (Å²) in [5.41, 5.74) is 1.07. The molecule has 3 nitrogen and oxygen atoms in total. The van der Waals surface area contributed by atoms with Crippen molar-refractivity contribution >= 4 is 23.6 Å². The third-order valence-electron chi connectivity index (χ3n) is 2.09. The molecular weight excluding hydrogens is 198 g/mol. The molecule has 72 valence electrons. The molecule has 0 spiro atoms. The van der Waals surface area contributed by atoms with Gasteiger partial charge in [-0.2, -0.15) is 0 Å². The predicted molar refractivity (Wildman–Crippen MR) is 54.5 cm³/mol. The van der Waals surface area contributed by atoms with Crippen LogP contribution in [0.15, 0.2) is 30.3 Å². The second kappa shape index (κ2) is 3.84. The van der Waals surface area contributed by atoms with E-state index in [1.165, 1.54) is 11.9 Å². The van der Waals surface area contributed by atoms with Crippen LogP contribution in [0.25, 0.3) is 0 Å². The molecule has 0 aliphatic carbocycles. The van der Waals surface area contributed by atoms with Crippen LogP contribution in [0.1, 0.15) is 17.2 Å². The Hall–Kier alpha value is -1.29. The molecule has 4 heteroatoms. The van der Waals surface area contributed by atoms with Gasteiger partial charge in [0.1, 0.15) is 0 Å². The first-order valence-electron chi connectivity index (χ1n) is 4.31. The summed E-state index contributed by atoms with van der Waals surface area (Å²) in [7, 11) is 0. The Labute approximate surface area is 86.0 Å². The largest absolute Gasteiger partial charge is 0.297 e. The van der Waals surface area contributed by atoms with Gasteiger partial charge >= 0.3 is 0 Å². The van der Waals surface area contributed by atoms with Gasteiger partial charge in [-0.15, -0.1) is 0 Å². The van der Waals surface area contributed by atoms with Gasteiger partial charge in [-0.1, -0.05) is 30.3 Å². The number of hydrogen-bond donors (Lipinski definition) is 1. The van der Waals surface area contributed by atoms with Gasteiger partial charge in [0, 0.05) is 6.42 Å². The SMILES string of the molecule is O=C1CC(c2ccccc2)SNC1=O. The average Bonchev–Trinajstić information content (AvgIpc) is 2.23. The van der Waals surface area contributed by atoms with Gasteiger partial charge in [-0.25, -0.2) is 0 Å². The summed E-state index contributed by atoms with van der Waals surface area (Å²) < 4.78 is 2.51. The van der Waals surface area contributed by atoms with E-state index in [9.17, 15) is 9.59 Å². The molecule has 1 aromatic carbocycles. The first kappa shape index (κ1) is 9.27. The highest BCUT2D eigenvalue weighted by molar-refractivity contribution is 7.98. The summed E-state index contributed by atoms with van der Waals surface area (Å²) in [6, 6.07) is 9.70. The van der Waals surface area contributed by atoms with Crippen LogP contribution in [0.5, 0.6) is 0 Å². The molecular formula is C10H9NO2S. The Morgan fingerprint density at radius 3 is 2.57 bits per heavy atom. The molecule has 1 aliphatic heterocycles. The van der Waals surface area contributed by atoms with E-state index in [0.29, 0.717) is 6.42 Å². The fourth-order valence-corrected chi connectivity index (χ4v) is 2.23. The molecule has 1 saturated heterocycles. The van der Waals surface area contributed by atoms with Crippen molar-refractivity contribution in [2.75, 3.05) is 0 Å². The first-order valence-corrected chi connectivity index (χ1v) is 5.19. The second-order valence-corrected chi connectivity index (χ2v) is 4.08. The van der Waals surface area contributed by atoms with E-state index >= 15 is 0 Å². The molecule has 1 amide bonds. The highest BCUT2D eigenvalue weighted by Crippen LogP contribution is 2.32. The molecule has 1 fully saturated rings. The van der Waals surface area contributed by atoms with Crippen LogP contribution >= 0.6 is 11.9 Å². The molecule has 1 atom stereocenters. The second-order valence-electron chi connectivity index (χ2n) is 3.08. The summed E-state index contributed by atoms with van der Waals surface area (Å²) in [6.07, 6.45) is 0.292. The summed E-state index contributed by atoms with van der Waals surface area (Å²) in [5.74, 6) is -0.820. The van der Waals surface area contributed by atoms with Crippen molar-refractivity contribution in [3.8, 4) is 0 Å². The summed E-state index contributed by atoms with van der Waals surface area (Å²) in [5, 5.41) is 0.0569. The number of Topliss-reactive ketones (excluding diaryl/α,β-unsaturated/α-hetero) is 1. The highest BCUT2D eigenvalue weighted by atomic mass is 32.2. The van der Waals surface area contributed by atoms with E-state index in [0.717, 1.165) is 5.56 Å². The number of rotatable bonds is 1. The van der Waals surface area contributed by atoms with Crippen molar-refractivity contribution in [2.24, 2.45) is 0 Å². The van der Waals surface area contributed by atoms with E-state index in [4.69, 9.17) is 0 Å². The fraction of sp³-hybridized carbons (Fsp3) is 0.200. The Kier molecular flexibility index (Phi) is 2.54. The van der Waals surface area contributed by atoms with Gasteiger partial charge in [-0.3, -0.25) is 14.3 Å². The lowest BCUT2D eigenvalue weighted by Crippen LogP contribution is -2.32. The van der Waals surface area contributed by atoms with Crippen molar-refractivity contribution in [1.82, 2.24) is 4.72 Å². The van der Waals surface area contributed by atoms with Gasteiger partial charge in [0.05, 0.1) is 5.25 Å². The molecule has 0 saturated carbocycles. The van der Waals surface area contributed by atoms with Crippen molar-refractivity contribution in [1.29, 1.82) is 0 Å². The van der Waals surface area contributed by atoms with Crippen molar-refractivity contribution in [3.63, 3.8) is 0 Å². The Morgan fingerprint density at radius 1 is 1.21 bits per heavy atom. The molecule has 0 radical (unpaired) electrons. The fourth-order valence-electron chi connectivity index (χ4n) is 1.34. The lowest BCUT2D eigenvalue weighted by atomic mass is 10.1. The quantitative estimate of drug-likeness (QED) is 0.560. The maximum Gasteiger partial charge on any atom is 0.297 e. The zero-order chi connectivity index (χ0) is 9.97. The van der Waals surface area contributed by atoms with Crippen LogP contribution in [-0.2, 0) is 9.59 Å². The minimum absolute atomic E-state index is 0.0569. The maximum absolute atomic E-state index is 11.2. The number of carbonyl (C=O) groups is 2. The number of nitrogens with one attached hydrogen (secondary N) is 1. The van der Waals surface area contributed by atoms with E-state index in [-0.39, 0.29) is 11.0 Å². The van der Waals surface area contributed by atoms with Gasteiger partial charge in [0.2, 0.25) is 5.78 Å². The summed E-state index contributed by atoms with van der Waals surface area (Å²) in [4.78, 5) is 22.0. The third-order valence-corrected chi connectivity index (χ3v) is 3.12. The molecule has 1 aromatic rings. The minimum atomic E-state index is -0.484. The Morgan fingerprint density at radius 2 is 1.93 bits per heavy atom. The predicted octanol–water partition coefficient (Wildman–Crippen LogP) is 1.46. The number of hydrogen-bond acceptors (Lipinski definition) is 3. The van der Waals surface area contributed by atoms with Gasteiger partial charge in [0.15, 0.2) is 0 Å². The minimum Gasteiger partial charge on any atom is -0.293 e. The number of amides is 1. The van der Waals surface area contributed by atoms with Crippen LogP contribution in [0.2, 0.25) is 0 Å². The van der Waals surface area contributed by atoms with Crippen LogP contribution in [0, 0.1) is 0 Å². The molecule has 14 heavy (non-hydrogen) atoms. The smallest absolute Gasteiger partial charge is 0.293 e. The standard InChI is InChI=1S/C10H9NO2S/c12-8-6-9(14-11-10(8)13)7-4-2-1-3-5-7/h1-5,9H,6H2,(H,11,13). The van der Waals surface area contributed by atoms with Crippen LogP contribution < -0.4 is 4.72 Å². The van der Waals surface area contributed by atoms with Crippen LogP contribution in [-0.4, -0.2) is 11.7 Å². The van der Waals surface area contributed by atoms with E-state index in [1.54, 1.807) is 0 Å². The summed E-state index contributed by atoms with van der Waals surface area (Å²) >= 11 is 1.31. The Balaban J connectivity index is 2.14. The maximum atomic E-state index is 11.2. The molecule has 0 bridgehead atoms. The van der Waals surface area contributed by atoms with E-state index in [1.807, 2.05) is 30.3 Å². The normalized spacial score (nSPS) is 21.9. The van der Waals surface area contributed by atoms with Crippen LogP contribution in [0.4, 0.5) is 0 Å². The summed E-state index contributed by atoms with van der Waals surface area (Å²) in [6.45, 7) is 0. The first-order chi connectivity index (χ1) is 6.77. The monoisotopic (exact) mass is 207 g/mol. The number of benzene rings is 1. The van der Waals surface area contributed by atoms with Gasteiger partial charge in [0.25, 0.3) is 5.91 Å². The molecule has 2 rings (SSSR count). The van der Waals surface area contributed by atoms with Crippen molar-refractivity contribution < 1.29 is 9.59 Å².